The second-order valence-electron chi connectivity index (χ2n) is 7.82. The third-order valence-corrected chi connectivity index (χ3v) is 5.32. The molecule has 0 aliphatic heterocycles. The van der Waals surface area contributed by atoms with E-state index in [4.69, 9.17) is 9.40 Å². The van der Waals surface area contributed by atoms with Gasteiger partial charge in [-0.25, -0.2) is 15.0 Å². The van der Waals surface area contributed by atoms with Crippen LogP contribution in [0.4, 0.5) is 5.82 Å². The molecule has 142 valence electrons. The number of anilines is 1. The van der Waals surface area contributed by atoms with Crippen molar-refractivity contribution >= 4 is 28.0 Å². The zero-order chi connectivity index (χ0) is 19.1. The summed E-state index contributed by atoms with van der Waals surface area (Å²) in [5.74, 6) is 1.25. The molecule has 0 bridgehead atoms. The molecule has 6 nitrogen and oxygen atoms in total. The lowest BCUT2D eigenvalue weighted by Crippen LogP contribution is -2.03. The van der Waals surface area contributed by atoms with E-state index in [0.717, 1.165) is 35.9 Å². The summed E-state index contributed by atoms with van der Waals surface area (Å²) in [6.07, 6.45) is 7.70. The SMILES string of the molecule is CC(C)Cc1nc2oc3c(NCc4ccccn4)ncnc3c2c2c1CCC2. The molecule has 0 fully saturated rings. The second kappa shape index (κ2) is 6.86. The van der Waals surface area contributed by atoms with Crippen LogP contribution in [-0.2, 0) is 25.8 Å². The molecule has 0 unspecified atom stereocenters. The Morgan fingerprint density at radius 2 is 2.00 bits per heavy atom. The van der Waals surface area contributed by atoms with Crippen LogP contribution in [0.3, 0.4) is 0 Å². The normalized spacial score (nSPS) is 13.5. The number of aryl methyl sites for hydroxylation is 1. The van der Waals surface area contributed by atoms with Crippen molar-refractivity contribution in [3.8, 4) is 0 Å². The van der Waals surface area contributed by atoms with Gasteiger partial charge in [-0.15, -0.1) is 0 Å². The van der Waals surface area contributed by atoms with Gasteiger partial charge in [0.1, 0.15) is 11.8 Å². The number of hydrogen-bond acceptors (Lipinski definition) is 6. The molecule has 1 aliphatic carbocycles. The van der Waals surface area contributed by atoms with Crippen molar-refractivity contribution in [2.75, 3.05) is 5.32 Å². The lowest BCUT2D eigenvalue weighted by molar-refractivity contribution is 0.616. The standard InChI is InChI=1S/C22H23N5O/c1-13(2)10-17-15-7-5-8-16(15)18-19-20(28-22(18)27-17)21(26-12-25-19)24-11-14-6-3-4-9-23-14/h3-4,6,9,12-13H,5,7-8,10-11H2,1-2H3,(H,24,25,26). The van der Waals surface area contributed by atoms with E-state index in [9.17, 15) is 0 Å². The van der Waals surface area contributed by atoms with E-state index >= 15 is 0 Å². The highest BCUT2D eigenvalue weighted by Crippen LogP contribution is 2.38. The summed E-state index contributed by atoms with van der Waals surface area (Å²) in [5.41, 5.74) is 7.13. The minimum atomic E-state index is 0.564. The first-order valence-corrected chi connectivity index (χ1v) is 9.92. The average molecular weight is 373 g/mol. The smallest absolute Gasteiger partial charge is 0.229 e. The largest absolute Gasteiger partial charge is 0.432 e. The molecule has 0 amide bonds. The van der Waals surface area contributed by atoms with Crippen LogP contribution >= 0.6 is 0 Å². The molecule has 0 aromatic carbocycles. The van der Waals surface area contributed by atoms with Crippen LogP contribution in [0, 0.1) is 5.92 Å². The molecule has 4 aromatic rings. The summed E-state index contributed by atoms with van der Waals surface area (Å²) >= 11 is 0. The molecule has 0 radical (unpaired) electrons. The zero-order valence-electron chi connectivity index (χ0n) is 16.2. The fourth-order valence-corrected chi connectivity index (χ4v) is 4.13. The highest BCUT2D eigenvalue weighted by molar-refractivity contribution is 6.06. The first-order valence-electron chi connectivity index (χ1n) is 9.92. The summed E-state index contributed by atoms with van der Waals surface area (Å²) in [6.45, 7) is 5.04. The molecular formula is C22H23N5O. The molecular weight excluding hydrogens is 350 g/mol. The number of nitrogens with one attached hydrogen (secondary N) is 1. The average Bonchev–Trinajstić information content (AvgIpc) is 3.31. The van der Waals surface area contributed by atoms with Crippen LogP contribution in [0.25, 0.3) is 22.2 Å². The first kappa shape index (κ1) is 17.1. The molecule has 4 aromatic heterocycles. The summed E-state index contributed by atoms with van der Waals surface area (Å²) in [4.78, 5) is 18.2. The van der Waals surface area contributed by atoms with Gasteiger partial charge in [0.25, 0.3) is 0 Å². The molecule has 0 atom stereocenters. The topological polar surface area (TPSA) is 76.7 Å². The van der Waals surface area contributed by atoms with Crippen molar-refractivity contribution in [2.24, 2.45) is 5.92 Å². The van der Waals surface area contributed by atoms with Gasteiger partial charge in [-0.3, -0.25) is 4.98 Å². The van der Waals surface area contributed by atoms with Gasteiger partial charge in [-0.2, -0.15) is 0 Å². The predicted octanol–water partition coefficient (Wildman–Crippen LogP) is 4.47. The number of nitrogens with zero attached hydrogens (tertiary/aromatic N) is 4. The summed E-state index contributed by atoms with van der Waals surface area (Å²) < 4.78 is 6.20. The van der Waals surface area contributed by atoms with E-state index in [1.54, 1.807) is 12.5 Å². The van der Waals surface area contributed by atoms with E-state index in [-0.39, 0.29) is 0 Å². The van der Waals surface area contributed by atoms with Crippen molar-refractivity contribution in [1.29, 1.82) is 0 Å². The molecule has 1 aliphatic rings. The molecule has 0 saturated heterocycles. The van der Waals surface area contributed by atoms with E-state index in [1.165, 1.54) is 23.2 Å². The van der Waals surface area contributed by atoms with Crippen LogP contribution < -0.4 is 5.32 Å². The van der Waals surface area contributed by atoms with Gasteiger partial charge >= 0.3 is 0 Å². The van der Waals surface area contributed by atoms with Gasteiger partial charge in [0.15, 0.2) is 11.4 Å². The Labute approximate surface area is 163 Å². The number of aromatic nitrogens is 4. The maximum absolute atomic E-state index is 6.20. The fourth-order valence-electron chi connectivity index (χ4n) is 4.13. The Balaban J connectivity index is 1.62. The van der Waals surface area contributed by atoms with Crippen LogP contribution in [0.15, 0.2) is 35.1 Å². The minimum absolute atomic E-state index is 0.564. The van der Waals surface area contributed by atoms with E-state index in [1.807, 2.05) is 18.2 Å². The van der Waals surface area contributed by atoms with Crippen molar-refractivity contribution < 1.29 is 4.42 Å². The fraction of sp³-hybridized carbons (Fsp3) is 0.364. The van der Waals surface area contributed by atoms with Gasteiger partial charge < -0.3 is 9.73 Å². The van der Waals surface area contributed by atoms with Gasteiger partial charge in [-0.1, -0.05) is 19.9 Å². The molecule has 5 rings (SSSR count). The molecule has 4 heterocycles. The Kier molecular flexibility index (Phi) is 4.19. The third-order valence-electron chi connectivity index (χ3n) is 5.32. The monoisotopic (exact) mass is 373 g/mol. The highest BCUT2D eigenvalue weighted by atomic mass is 16.3. The number of fused-ring (bicyclic) bond motifs is 5. The molecule has 0 spiro atoms. The van der Waals surface area contributed by atoms with Crippen molar-refractivity contribution in [2.45, 2.75) is 46.1 Å². The summed E-state index contributed by atoms with van der Waals surface area (Å²) in [5, 5.41) is 4.41. The van der Waals surface area contributed by atoms with Crippen molar-refractivity contribution in [3.63, 3.8) is 0 Å². The summed E-state index contributed by atoms with van der Waals surface area (Å²) in [6, 6.07) is 5.87. The van der Waals surface area contributed by atoms with E-state index in [2.05, 4.69) is 34.1 Å². The molecule has 0 saturated carbocycles. The van der Waals surface area contributed by atoms with Gasteiger partial charge in [0.05, 0.1) is 17.6 Å². The third kappa shape index (κ3) is 2.89. The number of hydrogen-bond donors (Lipinski definition) is 1. The lowest BCUT2D eigenvalue weighted by Gasteiger charge is -2.10. The lowest BCUT2D eigenvalue weighted by atomic mass is 9.99. The molecule has 6 heteroatoms. The van der Waals surface area contributed by atoms with E-state index in [0.29, 0.717) is 29.6 Å². The second-order valence-corrected chi connectivity index (χ2v) is 7.82. The minimum Gasteiger partial charge on any atom is -0.432 e. The van der Waals surface area contributed by atoms with Crippen LogP contribution in [0.5, 0.6) is 0 Å². The first-order chi connectivity index (χ1) is 13.7. The quantitative estimate of drug-likeness (QED) is 0.556. The Morgan fingerprint density at radius 1 is 1.11 bits per heavy atom. The Hall–Kier alpha value is -3.02. The highest BCUT2D eigenvalue weighted by Gasteiger charge is 2.25. The summed E-state index contributed by atoms with van der Waals surface area (Å²) in [7, 11) is 0. The predicted molar refractivity (Wildman–Crippen MR) is 109 cm³/mol. The zero-order valence-corrected chi connectivity index (χ0v) is 16.2. The Morgan fingerprint density at radius 3 is 2.82 bits per heavy atom. The van der Waals surface area contributed by atoms with Gasteiger partial charge in [0, 0.05) is 11.9 Å². The van der Waals surface area contributed by atoms with Crippen LogP contribution in [0.2, 0.25) is 0 Å². The number of pyridine rings is 2. The number of furan rings is 1. The van der Waals surface area contributed by atoms with Crippen molar-refractivity contribution in [3.05, 3.63) is 53.2 Å². The molecule has 28 heavy (non-hydrogen) atoms. The molecule has 1 N–H and O–H groups in total. The Bertz CT molecular complexity index is 1150. The van der Waals surface area contributed by atoms with E-state index < -0.39 is 0 Å². The maximum Gasteiger partial charge on any atom is 0.229 e. The van der Waals surface area contributed by atoms with Crippen LogP contribution in [0.1, 0.15) is 42.8 Å². The van der Waals surface area contributed by atoms with Gasteiger partial charge in [0.2, 0.25) is 5.71 Å². The van der Waals surface area contributed by atoms with Crippen molar-refractivity contribution in [1.82, 2.24) is 19.9 Å². The number of rotatable bonds is 5. The van der Waals surface area contributed by atoms with Crippen LogP contribution in [-0.4, -0.2) is 19.9 Å². The van der Waals surface area contributed by atoms with Gasteiger partial charge in [-0.05, 0) is 54.9 Å². The maximum atomic E-state index is 6.20.